The number of hydrogen-bond acceptors (Lipinski definition) is 5. The maximum atomic E-state index is 11.2. The van der Waals surface area contributed by atoms with Crippen molar-refractivity contribution >= 4 is 11.7 Å². The average molecular weight is 284 g/mol. The van der Waals surface area contributed by atoms with Crippen molar-refractivity contribution in [1.29, 1.82) is 5.26 Å². The van der Waals surface area contributed by atoms with Crippen LogP contribution in [0.15, 0.2) is 36.4 Å². The van der Waals surface area contributed by atoms with Gasteiger partial charge in [0.15, 0.2) is 11.5 Å². The van der Waals surface area contributed by atoms with Gasteiger partial charge >= 0.3 is 5.97 Å². The van der Waals surface area contributed by atoms with Gasteiger partial charge in [0.25, 0.3) is 0 Å². The molecule has 6 heteroatoms. The first kappa shape index (κ1) is 14.2. The van der Waals surface area contributed by atoms with Gasteiger partial charge in [-0.3, -0.25) is 0 Å². The van der Waals surface area contributed by atoms with Crippen molar-refractivity contribution in [2.75, 3.05) is 12.8 Å². The summed E-state index contributed by atoms with van der Waals surface area (Å²) in [6, 6.07) is 10.8. The lowest BCUT2D eigenvalue weighted by molar-refractivity contribution is 0.0694. The van der Waals surface area contributed by atoms with Crippen molar-refractivity contribution in [3.63, 3.8) is 0 Å². The van der Waals surface area contributed by atoms with E-state index in [4.69, 9.17) is 25.6 Å². The first-order valence-corrected chi connectivity index (χ1v) is 5.94. The van der Waals surface area contributed by atoms with Gasteiger partial charge in [0.2, 0.25) is 0 Å². The molecular formula is C15H12N2O4. The minimum Gasteiger partial charge on any atom is -0.493 e. The van der Waals surface area contributed by atoms with Gasteiger partial charge in [0, 0.05) is 17.8 Å². The van der Waals surface area contributed by atoms with E-state index in [1.165, 1.54) is 37.4 Å². The van der Waals surface area contributed by atoms with Gasteiger partial charge in [0.1, 0.15) is 11.3 Å². The highest BCUT2D eigenvalue weighted by atomic mass is 16.5. The molecule has 2 aromatic rings. The molecule has 0 heterocycles. The molecule has 0 aromatic heterocycles. The number of benzene rings is 2. The van der Waals surface area contributed by atoms with Gasteiger partial charge in [-0.25, -0.2) is 4.79 Å². The number of nitrogens with zero attached hydrogens (tertiary/aromatic N) is 1. The molecule has 0 bridgehead atoms. The summed E-state index contributed by atoms with van der Waals surface area (Å²) in [5.74, 6) is -0.402. The number of aromatic carboxylic acids is 1. The Morgan fingerprint density at radius 3 is 2.57 bits per heavy atom. The van der Waals surface area contributed by atoms with Crippen molar-refractivity contribution in [2.24, 2.45) is 0 Å². The van der Waals surface area contributed by atoms with Crippen LogP contribution < -0.4 is 15.2 Å². The number of carboxylic acid groups (broad SMARTS) is 1. The summed E-state index contributed by atoms with van der Waals surface area (Å²) in [6.45, 7) is 0. The number of anilines is 1. The Morgan fingerprint density at radius 2 is 1.95 bits per heavy atom. The van der Waals surface area contributed by atoms with Gasteiger partial charge in [0.05, 0.1) is 18.7 Å². The fourth-order valence-electron chi connectivity index (χ4n) is 1.74. The number of rotatable bonds is 4. The fraction of sp³-hybridized carbons (Fsp3) is 0.0667. The van der Waals surface area contributed by atoms with E-state index in [2.05, 4.69) is 0 Å². The van der Waals surface area contributed by atoms with Crippen LogP contribution in [-0.4, -0.2) is 18.2 Å². The average Bonchev–Trinajstić information content (AvgIpc) is 2.47. The van der Waals surface area contributed by atoms with E-state index in [1.54, 1.807) is 6.07 Å². The quantitative estimate of drug-likeness (QED) is 0.836. The number of nitrogen functional groups attached to an aromatic ring is 1. The second-order valence-electron chi connectivity index (χ2n) is 4.14. The molecular weight excluding hydrogens is 272 g/mol. The van der Waals surface area contributed by atoms with Crippen LogP contribution in [0.2, 0.25) is 0 Å². The monoisotopic (exact) mass is 284 g/mol. The minimum absolute atomic E-state index is 0.0180. The number of nitriles is 1. The van der Waals surface area contributed by atoms with Crippen LogP contribution in [0.25, 0.3) is 0 Å². The molecule has 0 amide bonds. The van der Waals surface area contributed by atoms with Crippen LogP contribution in [0.5, 0.6) is 17.2 Å². The summed E-state index contributed by atoms with van der Waals surface area (Å²) < 4.78 is 10.7. The first-order valence-electron chi connectivity index (χ1n) is 5.94. The molecule has 6 nitrogen and oxygen atoms in total. The number of hydrogen-bond donors (Lipinski definition) is 2. The van der Waals surface area contributed by atoms with Gasteiger partial charge in [-0.05, 0) is 24.3 Å². The summed E-state index contributed by atoms with van der Waals surface area (Å²) in [6.07, 6.45) is 0. The van der Waals surface area contributed by atoms with Crippen molar-refractivity contribution < 1.29 is 19.4 Å². The van der Waals surface area contributed by atoms with E-state index < -0.39 is 5.97 Å². The standard InChI is InChI=1S/C15H12N2O4/c1-20-14-6-9(8-16)2-5-12(14)21-13-7-10(17)3-4-11(13)15(18)19/h2-7H,17H2,1H3,(H,18,19). The largest absolute Gasteiger partial charge is 0.493 e. The van der Waals surface area contributed by atoms with E-state index in [9.17, 15) is 4.79 Å². The summed E-state index contributed by atoms with van der Waals surface area (Å²) in [5, 5.41) is 18.0. The lowest BCUT2D eigenvalue weighted by Crippen LogP contribution is -2.01. The summed E-state index contributed by atoms with van der Waals surface area (Å²) >= 11 is 0. The molecule has 0 aliphatic rings. The van der Waals surface area contributed by atoms with Crippen LogP contribution in [0.4, 0.5) is 5.69 Å². The van der Waals surface area contributed by atoms with Gasteiger partial charge in [-0.15, -0.1) is 0 Å². The molecule has 0 saturated carbocycles. The lowest BCUT2D eigenvalue weighted by Gasteiger charge is -2.12. The van der Waals surface area contributed by atoms with E-state index in [1.807, 2.05) is 6.07 Å². The Hall–Kier alpha value is -3.20. The van der Waals surface area contributed by atoms with Crippen molar-refractivity contribution in [3.8, 4) is 23.3 Å². The number of nitrogens with two attached hydrogens (primary N) is 1. The molecule has 0 unspecified atom stereocenters. The van der Waals surface area contributed by atoms with Gasteiger partial charge in [-0.1, -0.05) is 0 Å². The second kappa shape index (κ2) is 5.84. The predicted molar refractivity (Wildman–Crippen MR) is 75.6 cm³/mol. The normalized spacial score (nSPS) is 9.71. The van der Waals surface area contributed by atoms with Gasteiger partial charge in [-0.2, -0.15) is 5.26 Å². The molecule has 3 N–H and O–H groups in total. The maximum Gasteiger partial charge on any atom is 0.339 e. The Morgan fingerprint density at radius 1 is 1.19 bits per heavy atom. The number of carbonyl (C=O) groups is 1. The van der Waals surface area contributed by atoms with Gasteiger partial charge < -0.3 is 20.3 Å². The van der Waals surface area contributed by atoms with Crippen LogP contribution in [-0.2, 0) is 0 Å². The lowest BCUT2D eigenvalue weighted by atomic mass is 10.1. The van der Waals surface area contributed by atoms with Crippen LogP contribution in [0.1, 0.15) is 15.9 Å². The number of ether oxygens (including phenoxy) is 2. The second-order valence-corrected chi connectivity index (χ2v) is 4.14. The van der Waals surface area contributed by atoms with E-state index in [0.717, 1.165) is 0 Å². The summed E-state index contributed by atoms with van der Waals surface area (Å²) in [7, 11) is 1.43. The molecule has 0 fully saturated rings. The van der Waals surface area contributed by atoms with Crippen molar-refractivity contribution in [1.82, 2.24) is 0 Å². The molecule has 0 atom stereocenters. The van der Waals surface area contributed by atoms with E-state index in [0.29, 0.717) is 22.7 Å². The van der Waals surface area contributed by atoms with E-state index in [-0.39, 0.29) is 11.3 Å². The van der Waals surface area contributed by atoms with Crippen molar-refractivity contribution in [2.45, 2.75) is 0 Å². The molecule has 106 valence electrons. The molecule has 21 heavy (non-hydrogen) atoms. The highest BCUT2D eigenvalue weighted by molar-refractivity contribution is 5.91. The third-order valence-corrected chi connectivity index (χ3v) is 2.75. The molecule has 0 saturated heterocycles. The SMILES string of the molecule is COc1cc(C#N)ccc1Oc1cc(N)ccc1C(=O)O. The molecule has 2 rings (SSSR count). The van der Waals surface area contributed by atoms with Crippen LogP contribution in [0, 0.1) is 11.3 Å². The molecule has 0 aliphatic carbocycles. The molecule has 0 radical (unpaired) electrons. The fourth-order valence-corrected chi connectivity index (χ4v) is 1.74. The zero-order chi connectivity index (χ0) is 15.4. The van der Waals surface area contributed by atoms with Crippen LogP contribution in [0.3, 0.4) is 0 Å². The third-order valence-electron chi connectivity index (χ3n) is 2.75. The Bertz CT molecular complexity index is 735. The number of carboxylic acids is 1. The first-order chi connectivity index (χ1) is 10.0. The minimum atomic E-state index is -1.13. The summed E-state index contributed by atoms with van der Waals surface area (Å²) in [5.41, 5.74) is 6.42. The highest BCUT2D eigenvalue weighted by Crippen LogP contribution is 2.34. The Kier molecular flexibility index (Phi) is 3.95. The topological polar surface area (TPSA) is 106 Å². The smallest absolute Gasteiger partial charge is 0.339 e. The zero-order valence-electron chi connectivity index (χ0n) is 11.2. The van der Waals surface area contributed by atoms with Crippen molar-refractivity contribution in [3.05, 3.63) is 47.5 Å². The Labute approximate surface area is 120 Å². The molecule has 0 spiro atoms. The predicted octanol–water partition coefficient (Wildman–Crippen LogP) is 2.64. The van der Waals surface area contributed by atoms with Crippen LogP contribution >= 0.6 is 0 Å². The summed E-state index contributed by atoms with van der Waals surface area (Å²) in [4.78, 5) is 11.2. The zero-order valence-corrected chi connectivity index (χ0v) is 11.2. The van der Waals surface area contributed by atoms with E-state index >= 15 is 0 Å². The highest BCUT2D eigenvalue weighted by Gasteiger charge is 2.14. The maximum absolute atomic E-state index is 11.2. The Balaban J connectivity index is 2.45. The number of methoxy groups -OCH3 is 1. The molecule has 0 aliphatic heterocycles. The molecule has 2 aromatic carbocycles. The third kappa shape index (κ3) is 3.04.